The van der Waals surface area contributed by atoms with Gasteiger partial charge in [0.05, 0.1) is 7.11 Å². The molecule has 8 heteroatoms. The standard InChI is InChI=1S/C14H12N4O3S/c1-20-10-4-2-9(3-5-10)11-8-12(18-21-11)16-13(19)17-14-15-6-7-22-14/h2-8H,1H3,(H2,15,16,17,18,19). The van der Waals surface area contributed by atoms with E-state index in [1.807, 2.05) is 24.3 Å². The van der Waals surface area contributed by atoms with Crippen molar-refractivity contribution in [2.24, 2.45) is 0 Å². The van der Waals surface area contributed by atoms with Gasteiger partial charge in [-0.15, -0.1) is 11.3 Å². The molecule has 0 spiro atoms. The molecular weight excluding hydrogens is 304 g/mol. The number of nitrogens with one attached hydrogen (secondary N) is 2. The molecule has 3 rings (SSSR count). The van der Waals surface area contributed by atoms with Crippen molar-refractivity contribution in [1.82, 2.24) is 10.1 Å². The predicted molar refractivity (Wildman–Crippen MR) is 83.2 cm³/mol. The monoisotopic (exact) mass is 316 g/mol. The number of anilines is 2. The summed E-state index contributed by atoms with van der Waals surface area (Å²) in [6, 6.07) is 8.55. The lowest BCUT2D eigenvalue weighted by atomic mass is 10.2. The summed E-state index contributed by atoms with van der Waals surface area (Å²) in [6.07, 6.45) is 1.61. The molecule has 0 saturated carbocycles. The van der Waals surface area contributed by atoms with Crippen LogP contribution in [0.5, 0.6) is 5.75 Å². The minimum Gasteiger partial charge on any atom is -0.497 e. The van der Waals surface area contributed by atoms with Gasteiger partial charge in [0.2, 0.25) is 0 Å². The normalized spacial score (nSPS) is 10.2. The third kappa shape index (κ3) is 3.23. The highest BCUT2D eigenvalue weighted by Crippen LogP contribution is 2.24. The highest BCUT2D eigenvalue weighted by Gasteiger charge is 2.10. The fraction of sp³-hybridized carbons (Fsp3) is 0.0714. The molecule has 22 heavy (non-hydrogen) atoms. The van der Waals surface area contributed by atoms with E-state index in [2.05, 4.69) is 20.8 Å². The van der Waals surface area contributed by atoms with Gasteiger partial charge in [-0.2, -0.15) is 0 Å². The van der Waals surface area contributed by atoms with Crippen LogP contribution in [-0.4, -0.2) is 23.3 Å². The number of thiazole rings is 1. The number of carbonyl (C=O) groups is 1. The van der Waals surface area contributed by atoms with Gasteiger partial charge in [0.1, 0.15) is 5.75 Å². The van der Waals surface area contributed by atoms with Gasteiger partial charge >= 0.3 is 6.03 Å². The Labute approximate surface area is 129 Å². The molecule has 0 bridgehead atoms. The van der Waals surface area contributed by atoms with Gasteiger partial charge in [0.25, 0.3) is 0 Å². The van der Waals surface area contributed by atoms with Crippen LogP contribution < -0.4 is 15.4 Å². The molecule has 2 aromatic heterocycles. The Morgan fingerprint density at radius 3 is 2.77 bits per heavy atom. The topological polar surface area (TPSA) is 89.3 Å². The maximum atomic E-state index is 11.8. The number of methoxy groups -OCH3 is 1. The third-order valence-electron chi connectivity index (χ3n) is 2.78. The Kier molecular flexibility index (Phi) is 4.01. The quantitative estimate of drug-likeness (QED) is 0.769. The molecule has 2 amide bonds. The number of benzene rings is 1. The lowest BCUT2D eigenvalue weighted by molar-refractivity contribution is 0.262. The molecule has 0 atom stereocenters. The van der Waals surface area contributed by atoms with Gasteiger partial charge in [-0.05, 0) is 24.3 Å². The number of urea groups is 1. The Bertz CT molecular complexity index is 753. The van der Waals surface area contributed by atoms with Crippen LogP contribution in [0.25, 0.3) is 11.3 Å². The van der Waals surface area contributed by atoms with Crippen LogP contribution in [0.1, 0.15) is 0 Å². The smallest absolute Gasteiger partial charge is 0.326 e. The molecule has 0 radical (unpaired) electrons. The highest BCUT2D eigenvalue weighted by atomic mass is 32.1. The first kappa shape index (κ1) is 14.1. The molecule has 7 nitrogen and oxygen atoms in total. The van der Waals surface area contributed by atoms with Crippen molar-refractivity contribution in [2.45, 2.75) is 0 Å². The summed E-state index contributed by atoms with van der Waals surface area (Å²) >= 11 is 1.33. The molecule has 0 aliphatic rings. The van der Waals surface area contributed by atoms with E-state index < -0.39 is 6.03 Å². The second kappa shape index (κ2) is 6.27. The summed E-state index contributed by atoms with van der Waals surface area (Å²) in [5, 5.41) is 11.3. The number of rotatable bonds is 4. The highest BCUT2D eigenvalue weighted by molar-refractivity contribution is 7.13. The Balaban J connectivity index is 1.66. The zero-order valence-electron chi connectivity index (χ0n) is 11.6. The first-order valence-electron chi connectivity index (χ1n) is 6.33. The lowest BCUT2D eigenvalue weighted by Crippen LogP contribution is -2.19. The summed E-state index contributed by atoms with van der Waals surface area (Å²) < 4.78 is 10.3. The van der Waals surface area contributed by atoms with Gasteiger partial charge in [-0.25, -0.2) is 9.78 Å². The predicted octanol–water partition coefficient (Wildman–Crippen LogP) is 3.45. The minimum atomic E-state index is -0.426. The van der Waals surface area contributed by atoms with Crippen molar-refractivity contribution in [3.05, 3.63) is 41.9 Å². The Morgan fingerprint density at radius 1 is 1.27 bits per heavy atom. The first-order valence-corrected chi connectivity index (χ1v) is 7.21. The second-order valence-electron chi connectivity index (χ2n) is 4.22. The fourth-order valence-electron chi connectivity index (χ4n) is 1.76. The van der Waals surface area contributed by atoms with Crippen LogP contribution in [0.15, 0.2) is 46.4 Å². The average Bonchev–Trinajstić information content (AvgIpc) is 3.19. The van der Waals surface area contributed by atoms with Crippen LogP contribution >= 0.6 is 11.3 Å². The average molecular weight is 316 g/mol. The summed E-state index contributed by atoms with van der Waals surface area (Å²) in [7, 11) is 1.60. The molecule has 112 valence electrons. The van der Waals surface area contributed by atoms with Crippen LogP contribution in [0, 0.1) is 0 Å². The zero-order chi connectivity index (χ0) is 15.4. The molecule has 0 unspecified atom stereocenters. The van der Waals surface area contributed by atoms with Gasteiger partial charge in [0, 0.05) is 23.2 Å². The summed E-state index contributed by atoms with van der Waals surface area (Å²) in [6.45, 7) is 0. The maximum Gasteiger partial charge on any atom is 0.326 e. The van der Waals surface area contributed by atoms with E-state index in [-0.39, 0.29) is 0 Å². The van der Waals surface area contributed by atoms with Crippen molar-refractivity contribution in [2.75, 3.05) is 17.7 Å². The largest absolute Gasteiger partial charge is 0.497 e. The van der Waals surface area contributed by atoms with Crippen LogP contribution in [-0.2, 0) is 0 Å². The molecule has 0 aliphatic heterocycles. The van der Waals surface area contributed by atoms with Crippen molar-refractivity contribution >= 4 is 28.3 Å². The third-order valence-corrected chi connectivity index (χ3v) is 3.47. The summed E-state index contributed by atoms with van der Waals surface area (Å²) in [4.78, 5) is 15.7. The van der Waals surface area contributed by atoms with Gasteiger partial charge in [-0.3, -0.25) is 10.6 Å². The van der Waals surface area contributed by atoms with E-state index in [1.54, 1.807) is 24.8 Å². The van der Waals surface area contributed by atoms with Crippen molar-refractivity contribution < 1.29 is 14.1 Å². The van der Waals surface area contributed by atoms with Gasteiger partial charge in [0.15, 0.2) is 16.7 Å². The lowest BCUT2D eigenvalue weighted by Gasteiger charge is -2.00. The molecule has 1 aromatic carbocycles. The molecule has 0 aliphatic carbocycles. The Morgan fingerprint density at radius 2 is 2.09 bits per heavy atom. The van der Waals surface area contributed by atoms with Crippen LogP contribution in [0.3, 0.4) is 0 Å². The van der Waals surface area contributed by atoms with E-state index in [0.29, 0.717) is 16.7 Å². The van der Waals surface area contributed by atoms with Crippen molar-refractivity contribution in [3.63, 3.8) is 0 Å². The second-order valence-corrected chi connectivity index (χ2v) is 5.12. The molecule has 2 heterocycles. The van der Waals surface area contributed by atoms with E-state index in [4.69, 9.17) is 9.26 Å². The number of carbonyl (C=O) groups excluding carboxylic acids is 1. The van der Waals surface area contributed by atoms with Crippen LogP contribution in [0.2, 0.25) is 0 Å². The molecule has 2 N–H and O–H groups in total. The van der Waals surface area contributed by atoms with E-state index in [9.17, 15) is 4.79 Å². The number of amides is 2. The first-order chi connectivity index (χ1) is 10.7. The maximum absolute atomic E-state index is 11.8. The van der Waals surface area contributed by atoms with Crippen LogP contribution in [0.4, 0.5) is 15.7 Å². The summed E-state index contributed by atoms with van der Waals surface area (Å²) in [5.41, 5.74) is 0.835. The number of ether oxygens (including phenoxy) is 1. The van der Waals surface area contributed by atoms with E-state index in [1.165, 1.54) is 11.3 Å². The Hall–Kier alpha value is -2.87. The van der Waals surface area contributed by atoms with Gasteiger partial charge < -0.3 is 9.26 Å². The number of aromatic nitrogens is 2. The van der Waals surface area contributed by atoms with Crippen molar-refractivity contribution in [1.29, 1.82) is 0 Å². The van der Waals surface area contributed by atoms with E-state index >= 15 is 0 Å². The fourth-order valence-corrected chi connectivity index (χ4v) is 2.28. The number of hydrogen-bond acceptors (Lipinski definition) is 6. The number of hydrogen-bond donors (Lipinski definition) is 2. The molecule has 0 saturated heterocycles. The zero-order valence-corrected chi connectivity index (χ0v) is 12.4. The summed E-state index contributed by atoms with van der Waals surface area (Å²) in [5.74, 6) is 1.62. The SMILES string of the molecule is COc1ccc(-c2cc(NC(=O)Nc3nccs3)no2)cc1. The number of nitrogens with zero attached hydrogens (tertiary/aromatic N) is 2. The van der Waals surface area contributed by atoms with Crippen molar-refractivity contribution in [3.8, 4) is 17.1 Å². The molecular formula is C14H12N4O3S. The molecule has 3 aromatic rings. The van der Waals surface area contributed by atoms with Gasteiger partial charge in [-0.1, -0.05) is 5.16 Å². The molecule has 0 fully saturated rings. The van der Waals surface area contributed by atoms with E-state index in [0.717, 1.165) is 11.3 Å². The minimum absolute atomic E-state index is 0.319.